The summed E-state index contributed by atoms with van der Waals surface area (Å²) in [4.78, 5) is 8.88. The third kappa shape index (κ3) is 1.56. The SMILES string of the molecule is CCc1nc2ccc(N)nc2n1C(C)C. The summed E-state index contributed by atoms with van der Waals surface area (Å²) in [6.45, 7) is 6.36. The summed E-state index contributed by atoms with van der Waals surface area (Å²) < 4.78 is 2.14. The maximum atomic E-state index is 5.69. The predicted molar refractivity (Wildman–Crippen MR) is 61.7 cm³/mol. The first-order chi connectivity index (χ1) is 7.13. The Labute approximate surface area is 89.1 Å². The minimum absolute atomic E-state index is 0.360. The minimum Gasteiger partial charge on any atom is -0.384 e. The second-order valence-electron chi connectivity index (χ2n) is 3.92. The van der Waals surface area contributed by atoms with Crippen LogP contribution >= 0.6 is 0 Å². The van der Waals surface area contributed by atoms with Gasteiger partial charge in [0, 0.05) is 12.5 Å². The van der Waals surface area contributed by atoms with Gasteiger partial charge in [0.05, 0.1) is 0 Å². The average molecular weight is 204 g/mol. The molecule has 4 heteroatoms. The molecule has 0 aliphatic carbocycles. The van der Waals surface area contributed by atoms with Crippen LogP contribution in [0.4, 0.5) is 5.82 Å². The summed E-state index contributed by atoms with van der Waals surface area (Å²) in [6.07, 6.45) is 0.911. The average Bonchev–Trinajstić information content (AvgIpc) is 2.55. The number of fused-ring (bicyclic) bond motifs is 1. The van der Waals surface area contributed by atoms with E-state index in [1.807, 2.05) is 6.07 Å². The van der Waals surface area contributed by atoms with Crippen LogP contribution in [-0.4, -0.2) is 14.5 Å². The van der Waals surface area contributed by atoms with Crippen molar-refractivity contribution in [1.29, 1.82) is 0 Å². The third-order valence-corrected chi connectivity index (χ3v) is 2.46. The lowest BCUT2D eigenvalue weighted by molar-refractivity contribution is 0.584. The van der Waals surface area contributed by atoms with Gasteiger partial charge in [-0.1, -0.05) is 6.92 Å². The molecule has 0 bridgehead atoms. The van der Waals surface area contributed by atoms with E-state index >= 15 is 0 Å². The van der Waals surface area contributed by atoms with E-state index in [0.29, 0.717) is 11.9 Å². The summed E-state index contributed by atoms with van der Waals surface area (Å²) in [5.74, 6) is 1.62. The Morgan fingerprint density at radius 3 is 2.67 bits per heavy atom. The van der Waals surface area contributed by atoms with E-state index < -0.39 is 0 Å². The molecule has 0 amide bonds. The molecule has 2 rings (SSSR count). The summed E-state index contributed by atoms with van der Waals surface area (Å²) in [5, 5.41) is 0. The van der Waals surface area contributed by atoms with Crippen molar-refractivity contribution in [3.63, 3.8) is 0 Å². The van der Waals surface area contributed by atoms with Crippen LogP contribution in [0, 0.1) is 0 Å². The Morgan fingerprint density at radius 1 is 1.33 bits per heavy atom. The fourth-order valence-electron chi connectivity index (χ4n) is 1.83. The van der Waals surface area contributed by atoms with E-state index in [1.54, 1.807) is 6.07 Å². The number of anilines is 1. The first kappa shape index (κ1) is 9.96. The zero-order valence-electron chi connectivity index (χ0n) is 9.36. The number of rotatable bonds is 2. The number of nitrogens with two attached hydrogens (primary N) is 1. The molecule has 0 aromatic carbocycles. The summed E-state index contributed by atoms with van der Waals surface area (Å²) in [7, 11) is 0. The quantitative estimate of drug-likeness (QED) is 0.815. The largest absolute Gasteiger partial charge is 0.384 e. The van der Waals surface area contributed by atoms with Crippen LogP contribution in [0.25, 0.3) is 11.2 Å². The van der Waals surface area contributed by atoms with Gasteiger partial charge in [-0.25, -0.2) is 9.97 Å². The monoisotopic (exact) mass is 204 g/mol. The van der Waals surface area contributed by atoms with Gasteiger partial charge < -0.3 is 10.3 Å². The highest BCUT2D eigenvalue weighted by Gasteiger charge is 2.12. The molecule has 15 heavy (non-hydrogen) atoms. The van der Waals surface area contributed by atoms with Gasteiger partial charge in [-0.05, 0) is 26.0 Å². The van der Waals surface area contributed by atoms with Crippen molar-refractivity contribution in [2.45, 2.75) is 33.2 Å². The first-order valence-corrected chi connectivity index (χ1v) is 5.26. The molecule has 0 radical (unpaired) electrons. The van der Waals surface area contributed by atoms with E-state index in [1.165, 1.54) is 0 Å². The summed E-state index contributed by atoms with van der Waals surface area (Å²) in [5.41, 5.74) is 7.51. The molecule has 0 spiro atoms. The van der Waals surface area contributed by atoms with Crippen molar-refractivity contribution in [3.05, 3.63) is 18.0 Å². The molecule has 4 nitrogen and oxygen atoms in total. The van der Waals surface area contributed by atoms with E-state index in [-0.39, 0.29) is 0 Å². The maximum absolute atomic E-state index is 5.69. The Hall–Kier alpha value is -1.58. The number of aryl methyl sites for hydroxylation is 1. The smallest absolute Gasteiger partial charge is 0.162 e. The van der Waals surface area contributed by atoms with Crippen molar-refractivity contribution in [3.8, 4) is 0 Å². The van der Waals surface area contributed by atoms with Crippen LogP contribution < -0.4 is 5.73 Å². The van der Waals surface area contributed by atoms with Gasteiger partial charge in [0.2, 0.25) is 0 Å². The van der Waals surface area contributed by atoms with Gasteiger partial charge in [0.15, 0.2) is 5.65 Å². The molecule has 2 N–H and O–H groups in total. The van der Waals surface area contributed by atoms with E-state index in [0.717, 1.165) is 23.4 Å². The fraction of sp³-hybridized carbons (Fsp3) is 0.455. The van der Waals surface area contributed by atoms with Crippen LogP contribution in [-0.2, 0) is 6.42 Å². The Balaban J connectivity index is 2.76. The zero-order chi connectivity index (χ0) is 11.0. The minimum atomic E-state index is 0.360. The first-order valence-electron chi connectivity index (χ1n) is 5.26. The van der Waals surface area contributed by atoms with Crippen molar-refractivity contribution in [1.82, 2.24) is 14.5 Å². The van der Waals surface area contributed by atoms with E-state index in [4.69, 9.17) is 5.73 Å². The lowest BCUT2D eigenvalue weighted by Gasteiger charge is -2.10. The van der Waals surface area contributed by atoms with Crippen LogP contribution in [0.1, 0.15) is 32.6 Å². The number of nitrogens with zero attached hydrogens (tertiary/aromatic N) is 3. The summed E-state index contributed by atoms with van der Waals surface area (Å²) in [6, 6.07) is 4.08. The lowest BCUT2D eigenvalue weighted by Crippen LogP contribution is -2.06. The van der Waals surface area contributed by atoms with Crippen molar-refractivity contribution < 1.29 is 0 Å². The number of hydrogen-bond acceptors (Lipinski definition) is 3. The summed E-state index contributed by atoms with van der Waals surface area (Å²) >= 11 is 0. The lowest BCUT2D eigenvalue weighted by atomic mass is 10.3. The molecule has 0 unspecified atom stereocenters. The molecule has 0 saturated heterocycles. The molecule has 80 valence electrons. The van der Waals surface area contributed by atoms with E-state index in [9.17, 15) is 0 Å². The molecule has 0 aliphatic rings. The third-order valence-electron chi connectivity index (χ3n) is 2.46. The van der Waals surface area contributed by atoms with Crippen molar-refractivity contribution in [2.75, 3.05) is 5.73 Å². The molecule has 0 fully saturated rings. The molecule has 0 aliphatic heterocycles. The maximum Gasteiger partial charge on any atom is 0.162 e. The molecular formula is C11H16N4. The van der Waals surface area contributed by atoms with Gasteiger partial charge >= 0.3 is 0 Å². The predicted octanol–water partition coefficient (Wildman–Crippen LogP) is 2.16. The number of pyridine rings is 1. The molecule has 2 aromatic heterocycles. The second kappa shape index (κ2) is 3.53. The number of aromatic nitrogens is 3. The van der Waals surface area contributed by atoms with Gasteiger partial charge in [-0.3, -0.25) is 0 Å². The fourth-order valence-corrected chi connectivity index (χ4v) is 1.83. The van der Waals surface area contributed by atoms with Crippen LogP contribution in [0.15, 0.2) is 12.1 Å². The number of nitrogen functional groups attached to an aromatic ring is 1. The Bertz CT molecular complexity index is 485. The molecule has 0 saturated carbocycles. The standard InChI is InChI=1S/C11H16N4/c1-4-10-13-8-5-6-9(12)14-11(8)15(10)7(2)3/h5-7H,4H2,1-3H3,(H2,12,14). The van der Waals surface area contributed by atoms with Crippen LogP contribution in [0.5, 0.6) is 0 Å². The van der Waals surface area contributed by atoms with Crippen molar-refractivity contribution in [2.24, 2.45) is 0 Å². The van der Waals surface area contributed by atoms with Crippen molar-refractivity contribution >= 4 is 17.0 Å². The molecule has 2 aromatic rings. The van der Waals surface area contributed by atoms with Crippen LogP contribution in [0.3, 0.4) is 0 Å². The highest BCUT2D eigenvalue weighted by molar-refractivity contribution is 5.73. The van der Waals surface area contributed by atoms with Gasteiger partial charge in [0.1, 0.15) is 17.2 Å². The van der Waals surface area contributed by atoms with E-state index in [2.05, 4.69) is 35.3 Å². The highest BCUT2D eigenvalue weighted by atomic mass is 15.2. The zero-order valence-corrected chi connectivity index (χ0v) is 9.36. The highest BCUT2D eigenvalue weighted by Crippen LogP contribution is 2.20. The normalized spacial score (nSPS) is 11.5. The van der Waals surface area contributed by atoms with Gasteiger partial charge in [0.25, 0.3) is 0 Å². The number of imidazole rings is 1. The molecular weight excluding hydrogens is 188 g/mol. The number of hydrogen-bond donors (Lipinski definition) is 1. The molecule has 2 heterocycles. The second-order valence-corrected chi connectivity index (χ2v) is 3.92. The Morgan fingerprint density at radius 2 is 2.07 bits per heavy atom. The van der Waals surface area contributed by atoms with Crippen LogP contribution in [0.2, 0.25) is 0 Å². The topological polar surface area (TPSA) is 56.7 Å². The van der Waals surface area contributed by atoms with Gasteiger partial charge in [-0.15, -0.1) is 0 Å². The molecule has 0 atom stereocenters. The van der Waals surface area contributed by atoms with Gasteiger partial charge in [-0.2, -0.15) is 0 Å². The Kier molecular flexibility index (Phi) is 2.34.